The van der Waals surface area contributed by atoms with E-state index in [1.807, 2.05) is 18.2 Å². The number of benzene rings is 2. The number of ether oxygens (including phenoxy) is 1. The topological polar surface area (TPSA) is 9.23 Å². The summed E-state index contributed by atoms with van der Waals surface area (Å²) in [6.07, 6.45) is 0. The molecule has 0 radical (unpaired) electrons. The summed E-state index contributed by atoms with van der Waals surface area (Å²) in [7, 11) is 0. The molecule has 0 unspecified atom stereocenters. The summed E-state index contributed by atoms with van der Waals surface area (Å²) >= 11 is 9.18. The van der Waals surface area contributed by atoms with Gasteiger partial charge in [-0.05, 0) is 64.3 Å². The van der Waals surface area contributed by atoms with Crippen LogP contribution < -0.4 is 4.74 Å². The fourth-order valence-electron chi connectivity index (χ4n) is 1.56. The van der Waals surface area contributed by atoms with Gasteiger partial charge in [-0.1, -0.05) is 6.07 Å². The zero-order chi connectivity index (χ0) is 13.1. The van der Waals surface area contributed by atoms with Crippen molar-refractivity contribution in [3.05, 3.63) is 57.8 Å². The molecule has 1 nitrogen and oxygen atoms in total. The molecule has 0 N–H and O–H groups in total. The van der Waals surface area contributed by atoms with Gasteiger partial charge in [0.25, 0.3) is 0 Å². The number of halogens is 3. The van der Waals surface area contributed by atoms with Gasteiger partial charge in [-0.2, -0.15) is 0 Å². The molecule has 0 heterocycles. The molecule has 0 saturated carbocycles. The monoisotopic (exact) mass is 328 g/mol. The van der Waals surface area contributed by atoms with Gasteiger partial charge in [0.1, 0.15) is 17.3 Å². The second kappa shape index (κ2) is 5.72. The van der Waals surface area contributed by atoms with Crippen LogP contribution in [-0.4, -0.2) is 0 Å². The van der Waals surface area contributed by atoms with Gasteiger partial charge < -0.3 is 4.74 Å². The summed E-state index contributed by atoms with van der Waals surface area (Å²) in [6, 6.07) is 10.1. The first-order valence-corrected chi connectivity index (χ1v) is 6.71. The van der Waals surface area contributed by atoms with E-state index in [1.165, 1.54) is 12.1 Å². The standard InChI is InChI=1S/C14H11BrClFO/c1-9-6-11(17)3-5-13(9)18-14-4-2-10(8-16)7-12(14)15/h2-7H,8H2,1H3. The molecule has 2 aromatic rings. The van der Waals surface area contributed by atoms with Crippen molar-refractivity contribution >= 4 is 27.5 Å². The first kappa shape index (κ1) is 13.4. The maximum Gasteiger partial charge on any atom is 0.141 e. The highest BCUT2D eigenvalue weighted by atomic mass is 79.9. The third kappa shape index (κ3) is 3.03. The smallest absolute Gasteiger partial charge is 0.141 e. The fourth-order valence-corrected chi connectivity index (χ4v) is 2.23. The van der Waals surface area contributed by atoms with Crippen molar-refractivity contribution in [3.8, 4) is 11.5 Å². The van der Waals surface area contributed by atoms with E-state index >= 15 is 0 Å². The van der Waals surface area contributed by atoms with Crippen LogP contribution in [0, 0.1) is 12.7 Å². The van der Waals surface area contributed by atoms with Crippen molar-refractivity contribution in [2.24, 2.45) is 0 Å². The molecule has 0 aliphatic rings. The SMILES string of the molecule is Cc1cc(F)ccc1Oc1ccc(CCl)cc1Br. The molecule has 2 aromatic carbocycles. The Morgan fingerprint density at radius 1 is 1.17 bits per heavy atom. The summed E-state index contributed by atoms with van der Waals surface area (Å²) < 4.78 is 19.5. The van der Waals surface area contributed by atoms with Crippen LogP contribution in [0.5, 0.6) is 11.5 Å². The highest BCUT2D eigenvalue weighted by Gasteiger charge is 2.06. The van der Waals surface area contributed by atoms with Gasteiger partial charge in [-0.25, -0.2) is 4.39 Å². The quantitative estimate of drug-likeness (QED) is 0.682. The van der Waals surface area contributed by atoms with Crippen molar-refractivity contribution in [1.82, 2.24) is 0 Å². The minimum absolute atomic E-state index is 0.267. The maximum absolute atomic E-state index is 13.0. The average molecular weight is 330 g/mol. The lowest BCUT2D eigenvalue weighted by Crippen LogP contribution is -1.90. The van der Waals surface area contributed by atoms with E-state index < -0.39 is 0 Å². The second-order valence-electron chi connectivity index (χ2n) is 3.91. The molecular weight excluding hydrogens is 319 g/mol. The molecule has 0 bridgehead atoms. The summed E-state index contributed by atoms with van der Waals surface area (Å²) in [4.78, 5) is 0. The highest BCUT2D eigenvalue weighted by molar-refractivity contribution is 9.10. The van der Waals surface area contributed by atoms with Gasteiger partial charge in [0, 0.05) is 5.88 Å². The number of aryl methyl sites for hydroxylation is 1. The van der Waals surface area contributed by atoms with Gasteiger partial charge >= 0.3 is 0 Å². The van der Waals surface area contributed by atoms with Crippen LogP contribution in [-0.2, 0) is 5.88 Å². The van der Waals surface area contributed by atoms with Crippen LogP contribution in [0.4, 0.5) is 4.39 Å². The first-order valence-electron chi connectivity index (χ1n) is 5.38. The van der Waals surface area contributed by atoms with Crippen molar-refractivity contribution in [1.29, 1.82) is 0 Å². The lowest BCUT2D eigenvalue weighted by Gasteiger charge is -2.11. The number of hydrogen-bond donors (Lipinski definition) is 0. The molecule has 18 heavy (non-hydrogen) atoms. The van der Waals surface area contributed by atoms with Crippen LogP contribution in [0.3, 0.4) is 0 Å². The minimum Gasteiger partial charge on any atom is -0.456 e. The zero-order valence-corrected chi connectivity index (χ0v) is 12.1. The molecule has 0 fully saturated rings. The van der Waals surface area contributed by atoms with Crippen molar-refractivity contribution in [2.75, 3.05) is 0 Å². The summed E-state index contributed by atoms with van der Waals surface area (Å²) in [5, 5.41) is 0. The Balaban J connectivity index is 2.28. The van der Waals surface area contributed by atoms with E-state index in [1.54, 1.807) is 13.0 Å². The maximum atomic E-state index is 13.0. The second-order valence-corrected chi connectivity index (χ2v) is 5.03. The van der Waals surface area contributed by atoms with Crippen LogP contribution >= 0.6 is 27.5 Å². The Bertz CT molecular complexity index is 572. The van der Waals surface area contributed by atoms with Crippen molar-refractivity contribution in [2.45, 2.75) is 12.8 Å². The molecule has 0 spiro atoms. The third-order valence-corrected chi connectivity index (χ3v) is 3.44. The van der Waals surface area contributed by atoms with Crippen molar-refractivity contribution in [3.63, 3.8) is 0 Å². The molecule has 0 saturated heterocycles. The molecule has 94 valence electrons. The lowest BCUT2D eigenvalue weighted by atomic mass is 10.2. The van der Waals surface area contributed by atoms with Gasteiger partial charge in [0.2, 0.25) is 0 Å². The van der Waals surface area contributed by atoms with E-state index in [-0.39, 0.29) is 5.82 Å². The zero-order valence-electron chi connectivity index (χ0n) is 9.71. The number of rotatable bonds is 3. The number of hydrogen-bond acceptors (Lipinski definition) is 1. The van der Waals surface area contributed by atoms with Gasteiger partial charge in [0.05, 0.1) is 4.47 Å². The van der Waals surface area contributed by atoms with Crippen LogP contribution in [0.25, 0.3) is 0 Å². The van der Waals surface area contributed by atoms with Gasteiger partial charge in [0.15, 0.2) is 0 Å². The molecule has 2 rings (SSSR count). The van der Waals surface area contributed by atoms with Crippen LogP contribution in [0.1, 0.15) is 11.1 Å². The van der Waals surface area contributed by atoms with Crippen molar-refractivity contribution < 1.29 is 9.13 Å². The molecule has 0 atom stereocenters. The number of alkyl halides is 1. The normalized spacial score (nSPS) is 10.4. The lowest BCUT2D eigenvalue weighted by molar-refractivity contribution is 0.473. The van der Waals surface area contributed by atoms with E-state index in [0.717, 1.165) is 15.6 Å². The van der Waals surface area contributed by atoms with E-state index in [9.17, 15) is 4.39 Å². The molecule has 4 heteroatoms. The van der Waals surface area contributed by atoms with Crippen LogP contribution in [0.15, 0.2) is 40.9 Å². The molecule has 0 aliphatic carbocycles. The van der Waals surface area contributed by atoms with Gasteiger partial charge in [-0.3, -0.25) is 0 Å². The Hall–Kier alpha value is -1.06. The third-order valence-electron chi connectivity index (χ3n) is 2.51. The Morgan fingerprint density at radius 3 is 2.50 bits per heavy atom. The Kier molecular flexibility index (Phi) is 4.25. The summed E-state index contributed by atoms with van der Waals surface area (Å²) in [5.74, 6) is 1.50. The first-order chi connectivity index (χ1) is 8.60. The highest BCUT2D eigenvalue weighted by Crippen LogP contribution is 2.32. The van der Waals surface area contributed by atoms with E-state index in [0.29, 0.717) is 17.4 Å². The largest absolute Gasteiger partial charge is 0.456 e. The summed E-state index contributed by atoms with van der Waals surface area (Å²) in [6.45, 7) is 1.81. The predicted molar refractivity (Wildman–Crippen MR) is 74.9 cm³/mol. The molecule has 0 amide bonds. The minimum atomic E-state index is -0.267. The van der Waals surface area contributed by atoms with E-state index in [2.05, 4.69) is 15.9 Å². The molecule has 0 aromatic heterocycles. The van der Waals surface area contributed by atoms with E-state index in [4.69, 9.17) is 16.3 Å². The fraction of sp³-hybridized carbons (Fsp3) is 0.143. The molecule has 0 aliphatic heterocycles. The predicted octanol–water partition coefficient (Wildman–Crippen LogP) is 5.43. The Labute approximate surface area is 119 Å². The van der Waals surface area contributed by atoms with Crippen LogP contribution in [0.2, 0.25) is 0 Å². The van der Waals surface area contributed by atoms with Gasteiger partial charge in [-0.15, -0.1) is 11.6 Å². The molecular formula is C14H11BrClFO. The average Bonchev–Trinajstić information content (AvgIpc) is 2.34. The summed E-state index contributed by atoms with van der Waals surface area (Å²) in [5.41, 5.74) is 1.76. The Morgan fingerprint density at radius 2 is 1.89 bits per heavy atom.